The van der Waals surface area contributed by atoms with E-state index in [1.807, 2.05) is 6.92 Å². The molecule has 0 bridgehead atoms. The molecule has 1 aliphatic carbocycles. The molecule has 4 nitrogen and oxygen atoms in total. The molecule has 3 N–H and O–H groups in total. The van der Waals surface area contributed by atoms with E-state index in [0.29, 0.717) is 6.04 Å². The van der Waals surface area contributed by atoms with Gasteiger partial charge in [0.05, 0.1) is 5.54 Å². The summed E-state index contributed by atoms with van der Waals surface area (Å²) in [5.74, 6) is 0.631. The fraction of sp³-hybridized carbons (Fsp3) is 0.923. The van der Waals surface area contributed by atoms with Gasteiger partial charge < -0.3 is 16.0 Å². The number of nitrogens with one attached hydrogen (secondary N) is 1. The van der Waals surface area contributed by atoms with Gasteiger partial charge in [0.1, 0.15) is 0 Å². The minimum absolute atomic E-state index is 0.172. The number of primary amides is 1. The monoisotopic (exact) mass is 239 g/mol. The van der Waals surface area contributed by atoms with Crippen molar-refractivity contribution in [3.63, 3.8) is 0 Å². The van der Waals surface area contributed by atoms with Gasteiger partial charge in [0, 0.05) is 12.6 Å². The van der Waals surface area contributed by atoms with E-state index in [0.717, 1.165) is 31.7 Å². The summed E-state index contributed by atoms with van der Waals surface area (Å²) >= 11 is 0. The van der Waals surface area contributed by atoms with Crippen molar-refractivity contribution in [3.8, 4) is 0 Å². The molecule has 0 aromatic rings. The molecule has 0 spiro atoms. The van der Waals surface area contributed by atoms with E-state index in [4.69, 9.17) is 5.73 Å². The molecule has 17 heavy (non-hydrogen) atoms. The van der Waals surface area contributed by atoms with Crippen molar-refractivity contribution in [1.29, 1.82) is 0 Å². The van der Waals surface area contributed by atoms with Gasteiger partial charge >= 0.3 is 0 Å². The molecular weight excluding hydrogens is 214 g/mol. The Hall–Kier alpha value is -0.610. The van der Waals surface area contributed by atoms with Gasteiger partial charge in [-0.15, -0.1) is 0 Å². The van der Waals surface area contributed by atoms with Crippen LogP contribution in [-0.2, 0) is 4.79 Å². The lowest BCUT2D eigenvalue weighted by molar-refractivity contribution is -0.124. The van der Waals surface area contributed by atoms with Crippen LogP contribution in [0.1, 0.15) is 39.5 Å². The summed E-state index contributed by atoms with van der Waals surface area (Å²) in [5.41, 5.74) is 5.15. The zero-order valence-electron chi connectivity index (χ0n) is 11.0. The molecule has 2 aliphatic rings. The Bertz CT molecular complexity index is 294. The number of nitrogens with two attached hydrogens (primary N) is 1. The highest BCUT2D eigenvalue weighted by Crippen LogP contribution is 2.35. The number of likely N-dealkylation sites (tertiary alicyclic amines) is 1. The Morgan fingerprint density at radius 1 is 1.53 bits per heavy atom. The molecule has 3 atom stereocenters. The van der Waals surface area contributed by atoms with Crippen LogP contribution in [0.25, 0.3) is 0 Å². The SMILES string of the molecule is CCNC1(C(N)=O)CCC(N2CCC(C)C2)C1. The molecule has 0 radical (unpaired) electrons. The quantitative estimate of drug-likeness (QED) is 0.760. The molecule has 1 saturated carbocycles. The Morgan fingerprint density at radius 3 is 2.82 bits per heavy atom. The van der Waals surface area contributed by atoms with E-state index < -0.39 is 5.54 Å². The molecule has 2 fully saturated rings. The highest BCUT2D eigenvalue weighted by atomic mass is 16.1. The van der Waals surface area contributed by atoms with Gasteiger partial charge in [-0.05, 0) is 44.7 Å². The standard InChI is InChI=1S/C13H25N3O/c1-3-15-13(12(14)17)6-4-11(8-13)16-7-5-10(2)9-16/h10-11,15H,3-9H2,1-2H3,(H2,14,17). The molecule has 1 saturated heterocycles. The second-order valence-corrected chi connectivity index (χ2v) is 5.76. The van der Waals surface area contributed by atoms with Crippen molar-refractivity contribution in [2.75, 3.05) is 19.6 Å². The van der Waals surface area contributed by atoms with Gasteiger partial charge in [0.15, 0.2) is 0 Å². The van der Waals surface area contributed by atoms with Crippen LogP contribution in [0.5, 0.6) is 0 Å². The second-order valence-electron chi connectivity index (χ2n) is 5.76. The number of hydrogen-bond acceptors (Lipinski definition) is 3. The van der Waals surface area contributed by atoms with Crippen LogP contribution in [0.3, 0.4) is 0 Å². The first kappa shape index (κ1) is 12.8. The van der Waals surface area contributed by atoms with Gasteiger partial charge in [-0.3, -0.25) is 4.79 Å². The number of carbonyl (C=O) groups excluding carboxylic acids is 1. The van der Waals surface area contributed by atoms with Gasteiger partial charge in [0.25, 0.3) is 0 Å². The Kier molecular flexibility index (Phi) is 3.73. The normalized spacial score (nSPS) is 38.7. The summed E-state index contributed by atoms with van der Waals surface area (Å²) in [6, 6.07) is 0.548. The summed E-state index contributed by atoms with van der Waals surface area (Å²) in [6.07, 6.45) is 4.18. The number of amides is 1. The molecule has 1 aliphatic heterocycles. The molecule has 1 amide bonds. The third-order valence-corrected chi connectivity index (χ3v) is 4.45. The smallest absolute Gasteiger partial charge is 0.237 e. The lowest BCUT2D eigenvalue weighted by Gasteiger charge is -2.29. The van der Waals surface area contributed by atoms with E-state index in [1.54, 1.807) is 0 Å². The average Bonchev–Trinajstić information content (AvgIpc) is 2.86. The van der Waals surface area contributed by atoms with Gasteiger partial charge in [-0.1, -0.05) is 13.8 Å². The van der Waals surface area contributed by atoms with Gasteiger partial charge in [-0.25, -0.2) is 0 Å². The first-order valence-corrected chi connectivity index (χ1v) is 6.86. The molecule has 2 rings (SSSR count). The maximum Gasteiger partial charge on any atom is 0.237 e. The number of likely N-dealkylation sites (N-methyl/N-ethyl adjacent to an activating group) is 1. The van der Waals surface area contributed by atoms with E-state index in [9.17, 15) is 4.79 Å². The zero-order chi connectivity index (χ0) is 12.5. The summed E-state index contributed by atoms with van der Waals surface area (Å²) in [7, 11) is 0. The fourth-order valence-corrected chi connectivity index (χ4v) is 3.44. The van der Waals surface area contributed by atoms with Crippen molar-refractivity contribution < 1.29 is 4.79 Å². The van der Waals surface area contributed by atoms with Crippen LogP contribution in [0.2, 0.25) is 0 Å². The highest BCUT2D eigenvalue weighted by Gasteiger charge is 2.45. The van der Waals surface area contributed by atoms with Crippen LogP contribution < -0.4 is 11.1 Å². The second kappa shape index (κ2) is 4.94. The predicted molar refractivity (Wildman–Crippen MR) is 68.6 cm³/mol. The Morgan fingerprint density at radius 2 is 2.29 bits per heavy atom. The lowest BCUT2D eigenvalue weighted by atomic mass is 9.96. The van der Waals surface area contributed by atoms with E-state index >= 15 is 0 Å². The van der Waals surface area contributed by atoms with E-state index in [2.05, 4.69) is 17.1 Å². The fourth-order valence-electron chi connectivity index (χ4n) is 3.44. The topological polar surface area (TPSA) is 58.4 Å². The summed E-state index contributed by atoms with van der Waals surface area (Å²) in [4.78, 5) is 14.2. The Balaban J connectivity index is 1.99. The molecule has 1 heterocycles. The van der Waals surface area contributed by atoms with Crippen molar-refractivity contribution in [3.05, 3.63) is 0 Å². The minimum atomic E-state index is -0.439. The Labute approximate surface area is 104 Å². The third kappa shape index (κ3) is 2.47. The predicted octanol–water partition coefficient (Wildman–Crippen LogP) is 0.714. The number of carbonyl (C=O) groups is 1. The molecular formula is C13H25N3O. The van der Waals surface area contributed by atoms with Crippen molar-refractivity contribution >= 4 is 5.91 Å². The first-order chi connectivity index (χ1) is 8.07. The molecule has 4 heteroatoms. The summed E-state index contributed by atoms with van der Waals surface area (Å²) in [5, 5.41) is 3.32. The number of nitrogens with zero attached hydrogens (tertiary/aromatic N) is 1. The number of rotatable bonds is 4. The van der Waals surface area contributed by atoms with Crippen LogP contribution >= 0.6 is 0 Å². The maximum atomic E-state index is 11.7. The maximum absolute atomic E-state index is 11.7. The van der Waals surface area contributed by atoms with Gasteiger partial charge in [-0.2, -0.15) is 0 Å². The molecule has 0 aromatic heterocycles. The average molecular weight is 239 g/mol. The molecule has 3 unspecified atom stereocenters. The van der Waals surface area contributed by atoms with Crippen LogP contribution in [0, 0.1) is 5.92 Å². The van der Waals surface area contributed by atoms with Crippen LogP contribution in [-0.4, -0.2) is 42.0 Å². The lowest BCUT2D eigenvalue weighted by Crippen LogP contribution is -2.54. The van der Waals surface area contributed by atoms with Crippen molar-refractivity contribution in [2.24, 2.45) is 11.7 Å². The van der Waals surface area contributed by atoms with Crippen LogP contribution in [0.4, 0.5) is 0 Å². The van der Waals surface area contributed by atoms with E-state index in [-0.39, 0.29) is 5.91 Å². The molecule has 0 aromatic carbocycles. The van der Waals surface area contributed by atoms with Crippen LogP contribution in [0.15, 0.2) is 0 Å². The summed E-state index contributed by atoms with van der Waals surface area (Å²) < 4.78 is 0. The zero-order valence-corrected chi connectivity index (χ0v) is 11.0. The van der Waals surface area contributed by atoms with E-state index in [1.165, 1.54) is 19.5 Å². The summed E-state index contributed by atoms with van der Waals surface area (Å²) in [6.45, 7) is 7.53. The first-order valence-electron chi connectivity index (χ1n) is 6.86. The third-order valence-electron chi connectivity index (χ3n) is 4.45. The number of hydrogen-bond donors (Lipinski definition) is 2. The van der Waals surface area contributed by atoms with Gasteiger partial charge in [0.2, 0.25) is 5.91 Å². The minimum Gasteiger partial charge on any atom is -0.368 e. The van der Waals surface area contributed by atoms with Crippen molar-refractivity contribution in [2.45, 2.75) is 51.1 Å². The molecule has 98 valence electrons. The largest absolute Gasteiger partial charge is 0.368 e. The van der Waals surface area contributed by atoms with Crippen molar-refractivity contribution in [1.82, 2.24) is 10.2 Å². The highest BCUT2D eigenvalue weighted by molar-refractivity contribution is 5.85.